The number of rotatable bonds is 3. The summed E-state index contributed by atoms with van der Waals surface area (Å²) in [6, 6.07) is 4.21. The first-order valence-electron chi connectivity index (χ1n) is 6.97. The second-order valence-electron chi connectivity index (χ2n) is 5.94. The lowest BCUT2D eigenvalue weighted by Gasteiger charge is -2.39. The van der Waals surface area contributed by atoms with Gasteiger partial charge in [-0.1, -0.05) is 26.7 Å². The van der Waals surface area contributed by atoms with Gasteiger partial charge >= 0.3 is 0 Å². The Morgan fingerprint density at radius 1 is 1.42 bits per heavy atom. The first kappa shape index (κ1) is 13.8. The molecule has 0 saturated heterocycles. The number of amides is 1. The third-order valence-electron chi connectivity index (χ3n) is 4.07. The van der Waals surface area contributed by atoms with Gasteiger partial charge in [0.25, 0.3) is 5.91 Å². The van der Waals surface area contributed by atoms with E-state index in [1.54, 1.807) is 13.2 Å². The zero-order valence-electron chi connectivity index (χ0n) is 12.0. The Morgan fingerprint density at radius 2 is 2.21 bits per heavy atom. The summed E-state index contributed by atoms with van der Waals surface area (Å²) >= 11 is 0. The van der Waals surface area contributed by atoms with Crippen LogP contribution in [0.15, 0.2) is 18.3 Å². The Balaban J connectivity index is 2.12. The molecule has 1 heterocycles. The summed E-state index contributed by atoms with van der Waals surface area (Å²) in [6.07, 6.45) is 6.70. The Hall–Kier alpha value is -1.58. The van der Waals surface area contributed by atoms with Crippen LogP contribution in [-0.2, 0) is 0 Å². The van der Waals surface area contributed by atoms with Crippen molar-refractivity contribution in [3.05, 3.63) is 24.0 Å². The predicted molar refractivity (Wildman–Crippen MR) is 77.3 cm³/mol. The summed E-state index contributed by atoms with van der Waals surface area (Å²) in [5, 5.41) is 6.17. The predicted octanol–water partition coefficient (Wildman–Crippen LogP) is 2.82. The van der Waals surface area contributed by atoms with Crippen molar-refractivity contribution >= 4 is 11.6 Å². The number of aromatic nitrogens is 1. The number of carbonyl (C=O) groups is 1. The molecule has 1 aromatic rings. The maximum Gasteiger partial charge on any atom is 0.269 e. The van der Waals surface area contributed by atoms with Crippen molar-refractivity contribution in [1.82, 2.24) is 10.3 Å². The van der Waals surface area contributed by atoms with Crippen LogP contribution in [0.5, 0.6) is 0 Å². The van der Waals surface area contributed by atoms with E-state index in [4.69, 9.17) is 0 Å². The van der Waals surface area contributed by atoms with Gasteiger partial charge in [0, 0.05) is 25.0 Å². The third kappa shape index (κ3) is 3.25. The molecular weight excluding hydrogens is 238 g/mol. The Kier molecular flexibility index (Phi) is 4.08. The normalized spacial score (nSPS) is 21.7. The van der Waals surface area contributed by atoms with Crippen LogP contribution in [0, 0.1) is 5.41 Å². The summed E-state index contributed by atoms with van der Waals surface area (Å²) in [5.41, 5.74) is 1.74. The maximum absolute atomic E-state index is 11.6. The fourth-order valence-corrected chi connectivity index (χ4v) is 2.74. The minimum Gasteiger partial charge on any atom is -0.382 e. The van der Waals surface area contributed by atoms with E-state index in [0.717, 1.165) is 5.69 Å². The van der Waals surface area contributed by atoms with Crippen LogP contribution in [0.1, 0.15) is 50.0 Å². The van der Waals surface area contributed by atoms with Gasteiger partial charge in [-0.15, -0.1) is 0 Å². The highest BCUT2D eigenvalue weighted by atomic mass is 16.1. The molecule has 4 heteroatoms. The van der Waals surface area contributed by atoms with E-state index in [9.17, 15) is 4.79 Å². The van der Waals surface area contributed by atoms with E-state index < -0.39 is 0 Å². The molecule has 2 N–H and O–H groups in total. The molecule has 1 amide bonds. The lowest BCUT2D eigenvalue weighted by atomic mass is 9.73. The largest absolute Gasteiger partial charge is 0.382 e. The highest BCUT2D eigenvalue weighted by Crippen LogP contribution is 2.37. The van der Waals surface area contributed by atoms with Crippen LogP contribution in [0.2, 0.25) is 0 Å². The second-order valence-corrected chi connectivity index (χ2v) is 5.94. The highest BCUT2D eigenvalue weighted by molar-refractivity contribution is 5.92. The van der Waals surface area contributed by atoms with Gasteiger partial charge in [-0.25, -0.2) is 0 Å². The molecule has 2 rings (SSSR count). The van der Waals surface area contributed by atoms with E-state index in [1.807, 2.05) is 12.1 Å². The number of pyridine rings is 1. The van der Waals surface area contributed by atoms with Crippen LogP contribution >= 0.6 is 0 Å². The van der Waals surface area contributed by atoms with Crippen molar-refractivity contribution in [3.8, 4) is 0 Å². The first-order chi connectivity index (χ1) is 9.03. The maximum atomic E-state index is 11.6. The number of nitrogens with zero attached hydrogens (tertiary/aromatic N) is 1. The monoisotopic (exact) mass is 261 g/mol. The minimum absolute atomic E-state index is 0.147. The van der Waals surface area contributed by atoms with Crippen molar-refractivity contribution in [2.24, 2.45) is 5.41 Å². The lowest BCUT2D eigenvalue weighted by Crippen LogP contribution is -2.39. The fourth-order valence-electron chi connectivity index (χ4n) is 2.74. The molecule has 0 aliphatic heterocycles. The standard InChI is InChI=1S/C15H23N3O/c1-15(2)8-5-4-6-13(15)18-11-7-9-17-12(10-11)14(19)16-3/h7,9-10,13H,4-6,8H2,1-3H3,(H,16,19)(H,17,18). The molecule has 1 aliphatic carbocycles. The van der Waals surface area contributed by atoms with E-state index in [1.165, 1.54) is 25.7 Å². The summed E-state index contributed by atoms with van der Waals surface area (Å²) in [7, 11) is 1.62. The molecule has 1 aromatic heterocycles. The summed E-state index contributed by atoms with van der Waals surface area (Å²) in [4.78, 5) is 15.7. The molecule has 1 fully saturated rings. The van der Waals surface area contributed by atoms with Crippen LogP contribution in [-0.4, -0.2) is 24.0 Å². The molecular formula is C15H23N3O. The van der Waals surface area contributed by atoms with E-state index in [0.29, 0.717) is 17.2 Å². The average Bonchev–Trinajstić information content (AvgIpc) is 2.40. The molecule has 4 nitrogen and oxygen atoms in total. The van der Waals surface area contributed by atoms with Crippen LogP contribution in [0.25, 0.3) is 0 Å². The second kappa shape index (κ2) is 5.59. The molecule has 1 atom stereocenters. The average molecular weight is 261 g/mol. The fraction of sp³-hybridized carbons (Fsp3) is 0.600. The number of hydrogen-bond donors (Lipinski definition) is 2. The van der Waals surface area contributed by atoms with Gasteiger partial charge in [0.1, 0.15) is 5.69 Å². The quantitative estimate of drug-likeness (QED) is 0.879. The molecule has 104 valence electrons. The van der Waals surface area contributed by atoms with Gasteiger partial charge in [0.2, 0.25) is 0 Å². The van der Waals surface area contributed by atoms with Gasteiger partial charge in [0.05, 0.1) is 0 Å². The molecule has 0 bridgehead atoms. The lowest BCUT2D eigenvalue weighted by molar-refractivity contribution is 0.0958. The SMILES string of the molecule is CNC(=O)c1cc(NC2CCCCC2(C)C)ccn1. The third-order valence-corrected chi connectivity index (χ3v) is 4.07. The van der Waals surface area contributed by atoms with Crippen molar-refractivity contribution < 1.29 is 4.79 Å². The number of carbonyl (C=O) groups excluding carboxylic acids is 1. The minimum atomic E-state index is -0.147. The van der Waals surface area contributed by atoms with Gasteiger partial charge < -0.3 is 10.6 Å². The van der Waals surface area contributed by atoms with Crippen molar-refractivity contribution in [2.75, 3.05) is 12.4 Å². The van der Waals surface area contributed by atoms with Gasteiger partial charge in [-0.3, -0.25) is 9.78 Å². The first-order valence-corrected chi connectivity index (χ1v) is 6.97. The molecule has 1 saturated carbocycles. The van der Waals surface area contributed by atoms with Crippen molar-refractivity contribution in [2.45, 2.75) is 45.6 Å². The zero-order valence-corrected chi connectivity index (χ0v) is 12.0. The number of anilines is 1. The van der Waals surface area contributed by atoms with E-state index >= 15 is 0 Å². The van der Waals surface area contributed by atoms with Gasteiger partial charge in [0.15, 0.2) is 0 Å². The van der Waals surface area contributed by atoms with Gasteiger partial charge in [-0.05, 0) is 30.4 Å². The number of nitrogens with one attached hydrogen (secondary N) is 2. The molecule has 0 spiro atoms. The number of hydrogen-bond acceptors (Lipinski definition) is 3. The summed E-state index contributed by atoms with van der Waals surface area (Å²) < 4.78 is 0. The van der Waals surface area contributed by atoms with Crippen LogP contribution in [0.4, 0.5) is 5.69 Å². The van der Waals surface area contributed by atoms with E-state index in [2.05, 4.69) is 29.5 Å². The highest BCUT2D eigenvalue weighted by Gasteiger charge is 2.32. The molecule has 0 aromatic carbocycles. The molecule has 1 unspecified atom stereocenters. The smallest absolute Gasteiger partial charge is 0.269 e. The zero-order chi connectivity index (χ0) is 13.9. The summed E-state index contributed by atoms with van der Waals surface area (Å²) in [6.45, 7) is 4.62. The van der Waals surface area contributed by atoms with E-state index in [-0.39, 0.29) is 5.91 Å². The summed E-state index contributed by atoms with van der Waals surface area (Å²) in [5.74, 6) is -0.147. The Bertz CT molecular complexity index is 456. The Morgan fingerprint density at radius 3 is 2.89 bits per heavy atom. The molecule has 1 aliphatic rings. The van der Waals surface area contributed by atoms with Crippen molar-refractivity contribution in [3.63, 3.8) is 0 Å². The van der Waals surface area contributed by atoms with Gasteiger partial charge in [-0.2, -0.15) is 0 Å². The van der Waals surface area contributed by atoms with Crippen molar-refractivity contribution in [1.29, 1.82) is 0 Å². The molecule has 19 heavy (non-hydrogen) atoms. The Labute approximate surface area is 115 Å². The van der Waals surface area contributed by atoms with Crippen LogP contribution < -0.4 is 10.6 Å². The van der Waals surface area contributed by atoms with Crippen LogP contribution in [0.3, 0.4) is 0 Å². The topological polar surface area (TPSA) is 54.0 Å². The molecule has 0 radical (unpaired) electrons.